The molecule has 0 spiro atoms. The summed E-state index contributed by atoms with van der Waals surface area (Å²) in [5, 5.41) is 5.21. The average molecular weight is 464 g/mol. The molecule has 0 bridgehead atoms. The third-order valence-electron chi connectivity index (χ3n) is 6.08. The Morgan fingerprint density at radius 2 is 1.49 bits per heavy atom. The summed E-state index contributed by atoms with van der Waals surface area (Å²) in [6, 6.07) is 34.2. The molecular formula is C30H26FN3O. The number of carbonyl (C=O) groups is 1. The third-order valence-corrected chi connectivity index (χ3v) is 6.08. The minimum absolute atomic E-state index is 0.167. The number of hydrogen-bond acceptors (Lipinski definition) is 1. The van der Waals surface area contributed by atoms with Crippen molar-refractivity contribution in [2.24, 2.45) is 0 Å². The van der Waals surface area contributed by atoms with Gasteiger partial charge in [-0.25, -0.2) is 9.18 Å². The Balaban J connectivity index is 1.40. The van der Waals surface area contributed by atoms with Gasteiger partial charge in [-0.1, -0.05) is 78.9 Å². The highest BCUT2D eigenvalue weighted by Gasteiger charge is 2.18. The van der Waals surface area contributed by atoms with Crippen molar-refractivity contribution < 1.29 is 9.18 Å². The first kappa shape index (κ1) is 22.4. The number of hydrogen-bond donors (Lipinski definition) is 1. The van der Waals surface area contributed by atoms with Gasteiger partial charge >= 0.3 is 6.03 Å². The monoisotopic (exact) mass is 463 g/mol. The van der Waals surface area contributed by atoms with Crippen LogP contribution in [0, 0.1) is 5.82 Å². The van der Waals surface area contributed by atoms with E-state index in [1.165, 1.54) is 12.1 Å². The third kappa shape index (κ3) is 5.41. The van der Waals surface area contributed by atoms with Gasteiger partial charge in [0.1, 0.15) is 5.82 Å². The van der Waals surface area contributed by atoms with E-state index in [2.05, 4.69) is 9.88 Å². The second kappa shape index (κ2) is 10.3. The lowest BCUT2D eigenvalue weighted by molar-refractivity contribution is 0.205. The second-order valence-corrected chi connectivity index (χ2v) is 8.55. The van der Waals surface area contributed by atoms with Crippen LogP contribution in [0.15, 0.2) is 115 Å². The molecule has 5 heteroatoms. The lowest BCUT2D eigenvalue weighted by Gasteiger charge is -2.25. The number of urea groups is 1. The molecule has 2 amide bonds. The van der Waals surface area contributed by atoms with Crippen molar-refractivity contribution >= 4 is 22.5 Å². The molecule has 5 rings (SSSR count). The summed E-state index contributed by atoms with van der Waals surface area (Å²) in [5.74, 6) is -0.249. The Labute approximate surface area is 204 Å². The summed E-state index contributed by atoms with van der Waals surface area (Å²) in [6.07, 6.45) is 1.99. The molecule has 174 valence electrons. The lowest BCUT2D eigenvalue weighted by Crippen LogP contribution is -2.34. The molecule has 0 atom stereocenters. The van der Waals surface area contributed by atoms with Crippen LogP contribution < -0.4 is 5.32 Å². The van der Waals surface area contributed by atoms with Crippen molar-refractivity contribution in [1.82, 2.24) is 9.47 Å². The van der Waals surface area contributed by atoms with Crippen LogP contribution in [0.4, 0.5) is 14.9 Å². The number of anilines is 1. The Morgan fingerprint density at radius 3 is 2.31 bits per heavy atom. The molecule has 0 radical (unpaired) electrons. The average Bonchev–Trinajstić information content (AvgIpc) is 3.32. The highest BCUT2D eigenvalue weighted by Crippen LogP contribution is 2.24. The van der Waals surface area contributed by atoms with Crippen LogP contribution >= 0.6 is 0 Å². The Bertz CT molecular complexity index is 1420. The Morgan fingerprint density at radius 1 is 0.743 bits per heavy atom. The molecule has 0 unspecified atom stereocenters. The topological polar surface area (TPSA) is 37.3 Å². The zero-order valence-electron chi connectivity index (χ0n) is 19.3. The fraction of sp³-hybridized carbons (Fsp3) is 0.100. The predicted molar refractivity (Wildman–Crippen MR) is 139 cm³/mol. The first-order valence-electron chi connectivity index (χ1n) is 11.6. The van der Waals surface area contributed by atoms with E-state index in [-0.39, 0.29) is 11.8 Å². The number of carbonyl (C=O) groups excluding carboxylic acids is 1. The zero-order chi connectivity index (χ0) is 24.0. The van der Waals surface area contributed by atoms with Crippen LogP contribution in [-0.4, -0.2) is 15.5 Å². The minimum atomic E-state index is -0.249. The summed E-state index contributed by atoms with van der Waals surface area (Å²) < 4.78 is 15.4. The molecule has 4 nitrogen and oxygen atoms in total. The number of nitrogens with one attached hydrogen (secondary N) is 1. The van der Waals surface area contributed by atoms with Crippen molar-refractivity contribution in [2.45, 2.75) is 19.6 Å². The van der Waals surface area contributed by atoms with Gasteiger partial charge in [0.15, 0.2) is 0 Å². The largest absolute Gasteiger partial charge is 0.345 e. The van der Waals surface area contributed by atoms with Gasteiger partial charge in [-0.2, -0.15) is 0 Å². The van der Waals surface area contributed by atoms with E-state index in [0.29, 0.717) is 19.6 Å². The smallest absolute Gasteiger partial charge is 0.322 e. The minimum Gasteiger partial charge on any atom is -0.345 e. The fourth-order valence-corrected chi connectivity index (χ4v) is 4.26. The van der Waals surface area contributed by atoms with Crippen LogP contribution in [-0.2, 0) is 19.6 Å². The number of amides is 2. The maximum absolute atomic E-state index is 13.6. The summed E-state index contributed by atoms with van der Waals surface area (Å²) in [4.78, 5) is 15.4. The van der Waals surface area contributed by atoms with Crippen LogP contribution in [0.5, 0.6) is 0 Å². The molecule has 35 heavy (non-hydrogen) atoms. The quantitative estimate of drug-likeness (QED) is 0.276. The molecule has 0 fully saturated rings. The second-order valence-electron chi connectivity index (χ2n) is 8.55. The maximum atomic E-state index is 13.6. The molecule has 4 aromatic carbocycles. The summed E-state index contributed by atoms with van der Waals surface area (Å²) in [5.41, 5.74) is 3.84. The van der Waals surface area contributed by atoms with Crippen molar-refractivity contribution in [3.63, 3.8) is 0 Å². The molecule has 0 aliphatic heterocycles. The van der Waals surface area contributed by atoms with Crippen molar-refractivity contribution in [1.29, 1.82) is 0 Å². The molecule has 0 saturated carbocycles. The first-order valence-corrected chi connectivity index (χ1v) is 11.6. The van der Waals surface area contributed by atoms with E-state index in [1.807, 2.05) is 96.0 Å². The van der Waals surface area contributed by atoms with Gasteiger partial charge in [-0.3, -0.25) is 0 Å². The summed E-state index contributed by atoms with van der Waals surface area (Å²) in [6.45, 7) is 1.51. The SMILES string of the molecule is O=C(Nc1cccc2ccccc12)N(Cc1ccccc1)Cc1cccn1Cc1ccc(F)cc1. The number of nitrogens with zero attached hydrogens (tertiary/aromatic N) is 2. The van der Waals surface area contributed by atoms with Gasteiger partial charge in [0, 0.05) is 30.4 Å². The maximum Gasteiger partial charge on any atom is 0.322 e. The molecule has 0 saturated heterocycles. The van der Waals surface area contributed by atoms with Crippen LogP contribution in [0.25, 0.3) is 10.8 Å². The molecular weight excluding hydrogens is 437 g/mol. The Kier molecular flexibility index (Phi) is 6.57. The molecule has 5 aromatic rings. The van der Waals surface area contributed by atoms with Gasteiger partial charge in [0.2, 0.25) is 0 Å². The number of benzene rings is 4. The summed E-state index contributed by atoms with van der Waals surface area (Å²) in [7, 11) is 0. The molecule has 0 aliphatic rings. The fourth-order valence-electron chi connectivity index (χ4n) is 4.26. The molecule has 1 N–H and O–H groups in total. The normalized spacial score (nSPS) is 10.9. The lowest BCUT2D eigenvalue weighted by atomic mass is 10.1. The molecule has 1 heterocycles. The number of rotatable bonds is 7. The van der Waals surface area contributed by atoms with Crippen molar-refractivity contribution in [3.8, 4) is 0 Å². The van der Waals surface area contributed by atoms with E-state index < -0.39 is 0 Å². The van der Waals surface area contributed by atoms with Crippen molar-refractivity contribution in [3.05, 3.63) is 138 Å². The van der Waals surface area contributed by atoms with Gasteiger partial charge in [0.05, 0.1) is 12.2 Å². The number of fused-ring (bicyclic) bond motifs is 1. The van der Waals surface area contributed by atoms with Gasteiger partial charge < -0.3 is 14.8 Å². The van der Waals surface area contributed by atoms with Crippen molar-refractivity contribution in [2.75, 3.05) is 5.32 Å². The Hall–Kier alpha value is -4.38. The standard InChI is InChI=1S/C30H26FN3O/c31-26-17-15-24(16-18-26)20-33-19-7-12-27(33)22-34(21-23-8-2-1-3-9-23)30(35)32-29-14-6-11-25-10-4-5-13-28(25)29/h1-19H,20-22H2,(H,32,35). The predicted octanol–water partition coefficient (Wildman–Crippen LogP) is 7.06. The van der Waals surface area contributed by atoms with Crippen LogP contribution in [0.2, 0.25) is 0 Å². The summed E-state index contributed by atoms with van der Waals surface area (Å²) >= 11 is 0. The van der Waals surface area contributed by atoms with Gasteiger partial charge in [-0.05, 0) is 46.8 Å². The number of aromatic nitrogens is 1. The molecule has 0 aliphatic carbocycles. The van der Waals surface area contributed by atoms with Crippen LogP contribution in [0.1, 0.15) is 16.8 Å². The number of halogens is 1. The van der Waals surface area contributed by atoms with E-state index in [4.69, 9.17) is 0 Å². The highest BCUT2D eigenvalue weighted by atomic mass is 19.1. The zero-order valence-corrected chi connectivity index (χ0v) is 19.3. The van der Waals surface area contributed by atoms with Gasteiger partial charge in [-0.15, -0.1) is 0 Å². The van der Waals surface area contributed by atoms with E-state index in [9.17, 15) is 9.18 Å². The van der Waals surface area contributed by atoms with E-state index >= 15 is 0 Å². The first-order chi connectivity index (χ1) is 17.2. The molecule has 1 aromatic heterocycles. The highest BCUT2D eigenvalue weighted by molar-refractivity contribution is 6.01. The van der Waals surface area contributed by atoms with E-state index in [0.717, 1.165) is 33.3 Å². The van der Waals surface area contributed by atoms with Crippen LogP contribution in [0.3, 0.4) is 0 Å². The van der Waals surface area contributed by atoms with Gasteiger partial charge in [0.25, 0.3) is 0 Å². The van der Waals surface area contributed by atoms with E-state index in [1.54, 1.807) is 12.1 Å².